The summed E-state index contributed by atoms with van der Waals surface area (Å²) >= 11 is 0. The molecule has 3 aliphatic rings. The van der Waals surface area contributed by atoms with Gasteiger partial charge in [0.25, 0.3) is 5.91 Å². The number of fused-ring (bicyclic) bond motifs is 1. The summed E-state index contributed by atoms with van der Waals surface area (Å²) in [5, 5.41) is 3.12. The van der Waals surface area contributed by atoms with Gasteiger partial charge in [0.05, 0.1) is 11.8 Å². The molecule has 1 amide bonds. The van der Waals surface area contributed by atoms with Gasteiger partial charge in [0.15, 0.2) is 0 Å². The average Bonchev–Trinajstić information content (AvgIpc) is 2.87. The minimum absolute atomic E-state index is 0.0116. The summed E-state index contributed by atoms with van der Waals surface area (Å²) < 4.78 is 5.23. The summed E-state index contributed by atoms with van der Waals surface area (Å²) in [6, 6.07) is 6.19. The number of carbonyl (C=O) groups is 1. The van der Waals surface area contributed by atoms with E-state index in [-0.39, 0.29) is 5.91 Å². The number of nitrogens with one attached hydrogen (secondary N) is 1. The van der Waals surface area contributed by atoms with Crippen molar-refractivity contribution in [3.05, 3.63) is 36.3 Å². The van der Waals surface area contributed by atoms with Gasteiger partial charge in [0.1, 0.15) is 6.26 Å². The van der Waals surface area contributed by atoms with E-state index >= 15 is 0 Å². The number of rotatable bonds is 2. The van der Waals surface area contributed by atoms with E-state index in [9.17, 15) is 4.79 Å². The highest BCUT2D eigenvalue weighted by Gasteiger charge is 2.20. The Hall–Kier alpha value is -1.77. The molecule has 0 aromatic rings. The Labute approximate surface area is 107 Å². The highest BCUT2D eigenvalue weighted by Crippen LogP contribution is 2.27. The van der Waals surface area contributed by atoms with E-state index in [2.05, 4.69) is 5.32 Å². The molecular formula is C15H17NO2. The number of hydrogen-bond donors (Lipinski definition) is 1. The molecule has 0 spiro atoms. The van der Waals surface area contributed by atoms with Crippen molar-refractivity contribution in [2.75, 3.05) is 0 Å². The first-order chi connectivity index (χ1) is 8.84. The normalized spacial score (nSPS) is 16.9. The van der Waals surface area contributed by atoms with Gasteiger partial charge in [-0.2, -0.15) is 0 Å². The second-order valence-corrected chi connectivity index (χ2v) is 4.99. The summed E-state index contributed by atoms with van der Waals surface area (Å²) in [6.07, 6.45) is 9.14. The van der Waals surface area contributed by atoms with E-state index in [0.29, 0.717) is 11.6 Å². The zero-order valence-corrected chi connectivity index (χ0v) is 10.3. The lowest BCUT2D eigenvalue weighted by atomic mass is 9.95. The number of amides is 1. The first-order valence-corrected chi connectivity index (χ1v) is 6.60. The highest BCUT2D eigenvalue weighted by molar-refractivity contribution is 6.00. The first-order valence-electron chi connectivity index (χ1n) is 6.60. The largest absolute Gasteiger partial charge is 0.471 e. The molecule has 1 aliphatic heterocycles. The molecule has 1 heterocycles. The van der Waals surface area contributed by atoms with Crippen LogP contribution in [0, 0.1) is 0 Å². The molecule has 0 aromatic heterocycles. The Morgan fingerprint density at radius 2 is 2.00 bits per heavy atom. The zero-order chi connectivity index (χ0) is 12.4. The van der Waals surface area contributed by atoms with Crippen LogP contribution in [0.5, 0.6) is 0 Å². The summed E-state index contributed by atoms with van der Waals surface area (Å²) in [7, 11) is 0. The topological polar surface area (TPSA) is 42.2 Å². The Morgan fingerprint density at radius 1 is 1.17 bits per heavy atom. The monoisotopic (exact) mass is 243 g/mol. The van der Waals surface area contributed by atoms with Gasteiger partial charge in [0.2, 0.25) is 0 Å². The lowest BCUT2D eigenvalue weighted by Gasteiger charge is -2.23. The third-order valence-electron chi connectivity index (χ3n) is 3.71. The second kappa shape index (κ2) is 4.84. The van der Waals surface area contributed by atoms with E-state index < -0.39 is 0 Å². The molecule has 94 valence electrons. The van der Waals surface area contributed by atoms with Gasteiger partial charge in [-0.3, -0.25) is 4.79 Å². The second-order valence-electron chi connectivity index (χ2n) is 4.99. The van der Waals surface area contributed by atoms with Crippen molar-refractivity contribution in [1.82, 2.24) is 5.32 Å². The molecule has 18 heavy (non-hydrogen) atoms. The van der Waals surface area contributed by atoms with Crippen LogP contribution >= 0.6 is 0 Å². The molecule has 1 fully saturated rings. The molecule has 3 nitrogen and oxygen atoms in total. The van der Waals surface area contributed by atoms with Crippen LogP contribution in [0.3, 0.4) is 0 Å². The predicted molar refractivity (Wildman–Crippen MR) is 69.7 cm³/mol. The SMILES string of the molecule is O=C(NC1CCCCC1)c1cocc2cccc1-2. The van der Waals surface area contributed by atoms with Crippen LogP contribution in [0.1, 0.15) is 42.5 Å². The highest BCUT2D eigenvalue weighted by atomic mass is 16.3. The van der Waals surface area contributed by atoms with Crippen molar-refractivity contribution in [2.24, 2.45) is 0 Å². The molecule has 3 rings (SSSR count). The third-order valence-corrected chi connectivity index (χ3v) is 3.71. The first kappa shape index (κ1) is 11.3. The molecule has 3 heteroatoms. The molecule has 0 radical (unpaired) electrons. The van der Waals surface area contributed by atoms with Crippen molar-refractivity contribution in [3.63, 3.8) is 0 Å². The molecule has 0 saturated heterocycles. The molecule has 1 N–H and O–H groups in total. The van der Waals surface area contributed by atoms with E-state index in [1.807, 2.05) is 18.2 Å². The van der Waals surface area contributed by atoms with Gasteiger partial charge in [-0.25, -0.2) is 0 Å². The van der Waals surface area contributed by atoms with Crippen LogP contribution in [0.15, 0.2) is 35.1 Å². The zero-order valence-electron chi connectivity index (χ0n) is 10.3. The summed E-state index contributed by atoms with van der Waals surface area (Å²) in [6.45, 7) is 0. The smallest absolute Gasteiger partial charge is 0.255 e. The Bertz CT molecular complexity index is 511. The van der Waals surface area contributed by atoms with Crippen molar-refractivity contribution in [3.8, 4) is 11.1 Å². The van der Waals surface area contributed by atoms with Crippen molar-refractivity contribution in [2.45, 2.75) is 38.1 Å². The summed E-state index contributed by atoms with van der Waals surface area (Å²) in [5.41, 5.74) is 2.59. The fourth-order valence-electron chi connectivity index (χ4n) is 2.71. The molecule has 0 bridgehead atoms. The van der Waals surface area contributed by atoms with Gasteiger partial charge < -0.3 is 9.73 Å². The maximum absolute atomic E-state index is 12.3. The van der Waals surface area contributed by atoms with Gasteiger partial charge in [-0.1, -0.05) is 37.5 Å². The number of carbonyl (C=O) groups excluding carboxylic acids is 1. The Kier molecular flexibility index (Phi) is 3.05. The molecule has 0 aromatic carbocycles. The summed E-state index contributed by atoms with van der Waals surface area (Å²) in [5.74, 6) is -0.0116. The minimum Gasteiger partial charge on any atom is -0.471 e. The van der Waals surface area contributed by atoms with Crippen molar-refractivity contribution in [1.29, 1.82) is 0 Å². The van der Waals surface area contributed by atoms with Gasteiger partial charge >= 0.3 is 0 Å². The quantitative estimate of drug-likeness (QED) is 0.877. The Morgan fingerprint density at radius 3 is 2.83 bits per heavy atom. The standard InChI is InChI=1S/C15H17NO2/c17-15(16-12-6-2-1-3-7-12)14-10-18-9-11-5-4-8-13(11)14/h4-5,8-10,12H,1-3,6-7H2,(H,16,17). The van der Waals surface area contributed by atoms with Gasteiger partial charge in [-0.15, -0.1) is 0 Å². The fraction of sp³-hybridized carbons (Fsp3) is 0.400. The van der Waals surface area contributed by atoms with Crippen molar-refractivity contribution >= 4 is 5.91 Å². The van der Waals surface area contributed by atoms with E-state index in [4.69, 9.17) is 4.42 Å². The van der Waals surface area contributed by atoms with Crippen molar-refractivity contribution < 1.29 is 9.21 Å². The lowest BCUT2D eigenvalue weighted by molar-refractivity contribution is 0.0926. The minimum atomic E-state index is -0.0116. The molecule has 1 saturated carbocycles. The van der Waals surface area contributed by atoms with Gasteiger partial charge in [-0.05, 0) is 12.8 Å². The molecular weight excluding hydrogens is 226 g/mol. The molecule has 2 aliphatic carbocycles. The summed E-state index contributed by atoms with van der Waals surface area (Å²) in [4.78, 5) is 12.3. The van der Waals surface area contributed by atoms with E-state index in [0.717, 1.165) is 24.0 Å². The van der Waals surface area contributed by atoms with E-state index in [1.165, 1.54) is 19.3 Å². The van der Waals surface area contributed by atoms with Crippen LogP contribution in [0.2, 0.25) is 0 Å². The van der Waals surface area contributed by atoms with Crippen LogP contribution in [0.4, 0.5) is 0 Å². The van der Waals surface area contributed by atoms with E-state index in [1.54, 1.807) is 12.5 Å². The fourth-order valence-corrected chi connectivity index (χ4v) is 2.71. The maximum Gasteiger partial charge on any atom is 0.255 e. The van der Waals surface area contributed by atoms with Crippen LogP contribution in [-0.2, 0) is 0 Å². The average molecular weight is 243 g/mol. The predicted octanol–water partition coefficient (Wildman–Crippen LogP) is 3.45. The van der Waals surface area contributed by atoms with Crippen LogP contribution in [-0.4, -0.2) is 11.9 Å². The van der Waals surface area contributed by atoms with Crippen LogP contribution in [0.25, 0.3) is 11.1 Å². The lowest BCUT2D eigenvalue weighted by Crippen LogP contribution is -2.36. The molecule has 0 atom stereocenters. The van der Waals surface area contributed by atoms with Gasteiger partial charge in [0, 0.05) is 17.2 Å². The van der Waals surface area contributed by atoms with Crippen LogP contribution < -0.4 is 5.32 Å². The number of hydrogen-bond acceptors (Lipinski definition) is 2. The third kappa shape index (κ3) is 2.13. The molecule has 0 unspecified atom stereocenters. The maximum atomic E-state index is 12.3. The Balaban J connectivity index is 1.77.